The third kappa shape index (κ3) is 1.71. The van der Waals surface area contributed by atoms with Crippen LogP contribution >= 0.6 is 0 Å². The molecule has 0 saturated carbocycles. The first-order chi connectivity index (χ1) is 9.95. The number of methoxy groups -OCH3 is 1. The van der Waals surface area contributed by atoms with Gasteiger partial charge < -0.3 is 14.9 Å². The van der Waals surface area contributed by atoms with E-state index in [1.54, 1.807) is 13.0 Å². The van der Waals surface area contributed by atoms with Crippen molar-refractivity contribution < 1.29 is 24.5 Å². The van der Waals surface area contributed by atoms with Gasteiger partial charge in [-0.25, -0.2) is 0 Å². The average Bonchev–Trinajstić information content (AvgIpc) is 2.43. The van der Waals surface area contributed by atoms with Gasteiger partial charge in [-0.15, -0.1) is 0 Å². The first kappa shape index (κ1) is 13.2. The molecular weight excluding hydrogens is 272 g/mol. The van der Waals surface area contributed by atoms with E-state index in [-0.39, 0.29) is 39.5 Å². The summed E-state index contributed by atoms with van der Waals surface area (Å²) in [5.41, 5.74) is 0.714. The molecule has 5 heteroatoms. The summed E-state index contributed by atoms with van der Waals surface area (Å²) >= 11 is 0. The molecule has 0 bridgehead atoms. The predicted molar refractivity (Wildman–Crippen MR) is 74.4 cm³/mol. The second kappa shape index (κ2) is 4.34. The van der Waals surface area contributed by atoms with Crippen LogP contribution in [-0.4, -0.2) is 28.9 Å². The Morgan fingerprint density at radius 1 is 0.952 bits per heavy atom. The van der Waals surface area contributed by atoms with Gasteiger partial charge in [0.15, 0.2) is 17.3 Å². The van der Waals surface area contributed by atoms with Crippen LogP contribution in [0.2, 0.25) is 0 Å². The second-order valence-electron chi connectivity index (χ2n) is 4.90. The van der Waals surface area contributed by atoms with E-state index in [0.29, 0.717) is 5.56 Å². The fraction of sp³-hybridized carbons (Fsp3) is 0.125. The first-order valence-electron chi connectivity index (χ1n) is 6.28. The molecule has 0 heterocycles. The molecule has 0 radical (unpaired) electrons. The zero-order valence-corrected chi connectivity index (χ0v) is 11.4. The van der Waals surface area contributed by atoms with E-state index in [1.165, 1.54) is 25.3 Å². The Hall–Kier alpha value is -2.82. The summed E-state index contributed by atoms with van der Waals surface area (Å²) in [6, 6.07) is 5.84. The highest BCUT2D eigenvalue weighted by molar-refractivity contribution is 6.30. The first-order valence-corrected chi connectivity index (χ1v) is 6.28. The number of carbonyl (C=O) groups excluding carboxylic acids is 2. The monoisotopic (exact) mass is 284 g/mol. The Labute approximate surface area is 120 Å². The summed E-state index contributed by atoms with van der Waals surface area (Å²) in [6.07, 6.45) is 0. The summed E-state index contributed by atoms with van der Waals surface area (Å²) in [7, 11) is 1.35. The number of hydrogen-bond acceptors (Lipinski definition) is 5. The molecule has 2 N–H and O–H groups in total. The zero-order valence-electron chi connectivity index (χ0n) is 11.4. The molecule has 0 aliphatic heterocycles. The van der Waals surface area contributed by atoms with Gasteiger partial charge >= 0.3 is 0 Å². The maximum Gasteiger partial charge on any atom is 0.202 e. The zero-order chi connectivity index (χ0) is 15.3. The lowest BCUT2D eigenvalue weighted by Gasteiger charge is -2.20. The highest BCUT2D eigenvalue weighted by atomic mass is 16.5. The van der Waals surface area contributed by atoms with Crippen LogP contribution < -0.4 is 4.74 Å². The molecule has 0 aromatic heterocycles. The van der Waals surface area contributed by atoms with Crippen molar-refractivity contribution in [3.05, 3.63) is 52.1 Å². The van der Waals surface area contributed by atoms with Gasteiger partial charge in [0.1, 0.15) is 5.75 Å². The van der Waals surface area contributed by atoms with Crippen molar-refractivity contribution in [2.24, 2.45) is 0 Å². The molecule has 1 aliphatic rings. The molecule has 5 nitrogen and oxygen atoms in total. The maximum atomic E-state index is 12.5. The number of phenols is 2. The van der Waals surface area contributed by atoms with Crippen molar-refractivity contribution >= 4 is 11.6 Å². The number of ketones is 2. The SMILES string of the molecule is COc1ccc2c(c1O)C(=O)c1c(O)cc(C)cc1C2=O. The van der Waals surface area contributed by atoms with Crippen molar-refractivity contribution in [1.82, 2.24) is 0 Å². The Morgan fingerprint density at radius 3 is 2.33 bits per heavy atom. The molecule has 0 saturated heterocycles. The van der Waals surface area contributed by atoms with Crippen LogP contribution in [0.3, 0.4) is 0 Å². The number of aryl methyl sites for hydroxylation is 1. The lowest BCUT2D eigenvalue weighted by molar-refractivity contribution is 0.0973. The van der Waals surface area contributed by atoms with Crippen molar-refractivity contribution in [1.29, 1.82) is 0 Å². The highest BCUT2D eigenvalue weighted by Crippen LogP contribution is 2.40. The van der Waals surface area contributed by atoms with Crippen LogP contribution in [0.5, 0.6) is 17.2 Å². The minimum Gasteiger partial charge on any atom is -0.507 e. The minimum atomic E-state index is -0.589. The fourth-order valence-electron chi connectivity index (χ4n) is 2.61. The number of carbonyl (C=O) groups is 2. The Kier molecular flexibility index (Phi) is 2.73. The summed E-state index contributed by atoms with van der Waals surface area (Å²) in [5, 5.41) is 20.1. The van der Waals surface area contributed by atoms with Gasteiger partial charge in [0, 0.05) is 11.1 Å². The molecule has 106 valence electrons. The van der Waals surface area contributed by atoms with Crippen molar-refractivity contribution in [3.63, 3.8) is 0 Å². The molecule has 3 rings (SSSR count). The minimum absolute atomic E-state index is 0.0818. The Morgan fingerprint density at radius 2 is 1.67 bits per heavy atom. The normalized spacial score (nSPS) is 12.9. The highest BCUT2D eigenvalue weighted by Gasteiger charge is 2.35. The van der Waals surface area contributed by atoms with Crippen LogP contribution in [0.1, 0.15) is 37.4 Å². The quantitative estimate of drug-likeness (QED) is 0.715. The number of benzene rings is 2. The largest absolute Gasteiger partial charge is 0.507 e. The van der Waals surface area contributed by atoms with Gasteiger partial charge in [-0.3, -0.25) is 9.59 Å². The Balaban J connectivity index is 2.36. The number of aromatic hydroxyl groups is 2. The number of rotatable bonds is 1. The lowest BCUT2D eigenvalue weighted by Crippen LogP contribution is -2.21. The molecule has 1 aliphatic carbocycles. The lowest BCUT2D eigenvalue weighted by atomic mass is 9.82. The molecular formula is C16H12O5. The second-order valence-corrected chi connectivity index (χ2v) is 4.90. The smallest absolute Gasteiger partial charge is 0.202 e. The summed E-state index contributed by atoms with van der Waals surface area (Å²) in [5.74, 6) is -1.55. The third-order valence-electron chi connectivity index (χ3n) is 3.57. The van der Waals surface area contributed by atoms with E-state index >= 15 is 0 Å². The standard InChI is InChI=1S/C16H12O5/c1-7-5-9-12(10(17)6-7)16(20)13-8(14(9)18)3-4-11(21-2)15(13)19/h3-6,17,19H,1-2H3. The van der Waals surface area contributed by atoms with Gasteiger partial charge in [-0.05, 0) is 36.8 Å². The average molecular weight is 284 g/mol. The third-order valence-corrected chi connectivity index (χ3v) is 3.57. The van der Waals surface area contributed by atoms with E-state index < -0.39 is 11.6 Å². The van der Waals surface area contributed by atoms with Gasteiger partial charge in [0.2, 0.25) is 5.78 Å². The number of phenolic OH excluding ortho intramolecular Hbond substituents is 2. The van der Waals surface area contributed by atoms with Crippen LogP contribution in [0.25, 0.3) is 0 Å². The summed E-state index contributed by atoms with van der Waals surface area (Å²) in [4.78, 5) is 25.0. The molecule has 2 aromatic rings. The van der Waals surface area contributed by atoms with E-state index in [1.807, 2.05) is 0 Å². The van der Waals surface area contributed by atoms with Gasteiger partial charge in [-0.1, -0.05) is 0 Å². The van der Waals surface area contributed by atoms with Crippen LogP contribution in [0.4, 0.5) is 0 Å². The number of hydrogen-bond donors (Lipinski definition) is 2. The summed E-state index contributed by atoms with van der Waals surface area (Å²) in [6.45, 7) is 1.72. The molecule has 0 amide bonds. The van der Waals surface area contributed by atoms with Crippen molar-refractivity contribution in [2.45, 2.75) is 6.92 Å². The number of ether oxygens (including phenoxy) is 1. The van der Waals surface area contributed by atoms with Crippen LogP contribution in [0.15, 0.2) is 24.3 Å². The molecule has 0 spiro atoms. The van der Waals surface area contributed by atoms with Crippen LogP contribution in [-0.2, 0) is 0 Å². The maximum absolute atomic E-state index is 12.5. The van der Waals surface area contributed by atoms with Crippen molar-refractivity contribution in [3.8, 4) is 17.2 Å². The molecule has 0 unspecified atom stereocenters. The van der Waals surface area contributed by atoms with E-state index in [2.05, 4.69) is 0 Å². The molecule has 0 atom stereocenters. The topological polar surface area (TPSA) is 83.8 Å². The van der Waals surface area contributed by atoms with E-state index in [0.717, 1.165) is 0 Å². The fourth-order valence-corrected chi connectivity index (χ4v) is 2.61. The van der Waals surface area contributed by atoms with Gasteiger partial charge in [-0.2, -0.15) is 0 Å². The Bertz CT molecular complexity index is 805. The van der Waals surface area contributed by atoms with Gasteiger partial charge in [0.25, 0.3) is 0 Å². The predicted octanol–water partition coefficient (Wildman–Crippen LogP) is 2.19. The van der Waals surface area contributed by atoms with Crippen molar-refractivity contribution in [2.75, 3.05) is 7.11 Å². The van der Waals surface area contributed by atoms with E-state index in [9.17, 15) is 19.8 Å². The van der Waals surface area contributed by atoms with Gasteiger partial charge in [0.05, 0.1) is 18.2 Å². The molecule has 2 aromatic carbocycles. The van der Waals surface area contributed by atoms with E-state index in [4.69, 9.17) is 4.74 Å². The number of fused-ring (bicyclic) bond motifs is 2. The van der Waals surface area contributed by atoms with Crippen LogP contribution in [0, 0.1) is 6.92 Å². The summed E-state index contributed by atoms with van der Waals surface area (Å²) < 4.78 is 4.96. The molecule has 21 heavy (non-hydrogen) atoms. The molecule has 0 fully saturated rings.